The number of ether oxygens (including phenoxy) is 1. The predicted octanol–water partition coefficient (Wildman–Crippen LogP) is 3.06. The lowest BCUT2D eigenvalue weighted by atomic mass is 9.94. The zero-order chi connectivity index (χ0) is 15.2. The minimum Gasteiger partial charge on any atom is -0.382 e. The molecule has 0 unspecified atom stereocenters. The Hall–Kier alpha value is -1.18. The Morgan fingerprint density at radius 1 is 1.38 bits per heavy atom. The molecule has 6 nitrogen and oxygen atoms in total. The van der Waals surface area contributed by atoms with E-state index in [4.69, 9.17) is 10.5 Å². The number of nitrogens with one attached hydrogen (secondary N) is 1. The molecular formula is C14H20BrN3O3. The Bertz CT molecular complexity index is 490. The van der Waals surface area contributed by atoms with Crippen LogP contribution in [-0.4, -0.2) is 30.2 Å². The normalized spacial score (nSPS) is 22.0. The van der Waals surface area contributed by atoms with Crippen LogP contribution in [0.25, 0.3) is 0 Å². The van der Waals surface area contributed by atoms with Gasteiger partial charge in [-0.25, -0.2) is 0 Å². The average Bonchev–Trinajstić information content (AvgIpc) is 2.46. The maximum atomic E-state index is 10.7. The summed E-state index contributed by atoms with van der Waals surface area (Å²) in [6.45, 7) is 1.28. The van der Waals surface area contributed by atoms with E-state index in [9.17, 15) is 10.1 Å². The maximum absolute atomic E-state index is 10.7. The predicted molar refractivity (Wildman–Crippen MR) is 85.5 cm³/mol. The summed E-state index contributed by atoms with van der Waals surface area (Å²) in [4.78, 5) is 10.2. The van der Waals surface area contributed by atoms with Crippen LogP contribution in [0.1, 0.15) is 25.7 Å². The van der Waals surface area contributed by atoms with Gasteiger partial charge >= 0.3 is 0 Å². The van der Waals surface area contributed by atoms with Crippen molar-refractivity contribution in [3.05, 3.63) is 32.8 Å². The SMILES string of the molecule is NC1CCC(OCCNc2ccc([N+](=O)[O-])cc2Br)CC1. The van der Waals surface area contributed by atoms with Crippen molar-refractivity contribution in [2.75, 3.05) is 18.5 Å². The molecule has 21 heavy (non-hydrogen) atoms. The summed E-state index contributed by atoms with van der Waals surface area (Å²) in [7, 11) is 0. The summed E-state index contributed by atoms with van der Waals surface area (Å²) in [6.07, 6.45) is 4.44. The molecule has 0 spiro atoms. The molecule has 0 saturated heterocycles. The lowest BCUT2D eigenvalue weighted by Crippen LogP contribution is -2.31. The second-order valence-corrected chi connectivity index (χ2v) is 6.11. The summed E-state index contributed by atoms with van der Waals surface area (Å²) in [5.41, 5.74) is 6.76. The molecule has 116 valence electrons. The summed E-state index contributed by atoms with van der Waals surface area (Å²) >= 11 is 3.33. The highest BCUT2D eigenvalue weighted by Gasteiger charge is 2.18. The number of halogens is 1. The number of nitrogens with two attached hydrogens (primary N) is 1. The third kappa shape index (κ3) is 4.94. The lowest BCUT2D eigenvalue weighted by Gasteiger charge is -2.26. The highest BCUT2D eigenvalue weighted by molar-refractivity contribution is 9.10. The maximum Gasteiger partial charge on any atom is 0.270 e. The van der Waals surface area contributed by atoms with E-state index in [1.807, 2.05) is 0 Å². The summed E-state index contributed by atoms with van der Waals surface area (Å²) in [5, 5.41) is 13.9. The third-order valence-corrected chi connectivity index (χ3v) is 4.31. The number of nitro benzene ring substituents is 1. The number of hydrogen-bond donors (Lipinski definition) is 2. The Kier molecular flexibility index (Phi) is 5.96. The molecule has 7 heteroatoms. The van der Waals surface area contributed by atoms with E-state index in [1.54, 1.807) is 6.07 Å². The number of benzene rings is 1. The van der Waals surface area contributed by atoms with Crippen LogP contribution in [0.4, 0.5) is 11.4 Å². The van der Waals surface area contributed by atoms with Crippen molar-refractivity contribution in [3.8, 4) is 0 Å². The Balaban J connectivity index is 1.72. The highest BCUT2D eigenvalue weighted by Crippen LogP contribution is 2.27. The van der Waals surface area contributed by atoms with Crippen molar-refractivity contribution in [2.24, 2.45) is 5.73 Å². The first kappa shape index (κ1) is 16.2. The molecule has 0 bridgehead atoms. The fraction of sp³-hybridized carbons (Fsp3) is 0.571. The zero-order valence-corrected chi connectivity index (χ0v) is 13.3. The van der Waals surface area contributed by atoms with Crippen LogP contribution in [0, 0.1) is 10.1 Å². The molecule has 3 N–H and O–H groups in total. The fourth-order valence-corrected chi connectivity index (χ4v) is 2.93. The van der Waals surface area contributed by atoms with Gasteiger partial charge in [0.15, 0.2) is 0 Å². The van der Waals surface area contributed by atoms with Crippen LogP contribution in [0.2, 0.25) is 0 Å². The van der Waals surface area contributed by atoms with Crippen LogP contribution >= 0.6 is 15.9 Å². The van der Waals surface area contributed by atoms with Crippen LogP contribution in [0.15, 0.2) is 22.7 Å². The van der Waals surface area contributed by atoms with Crippen molar-refractivity contribution in [3.63, 3.8) is 0 Å². The first-order valence-electron chi connectivity index (χ1n) is 7.11. The first-order chi connectivity index (χ1) is 10.1. The van der Waals surface area contributed by atoms with Crippen molar-refractivity contribution >= 4 is 27.3 Å². The van der Waals surface area contributed by atoms with Crippen molar-refractivity contribution in [1.82, 2.24) is 0 Å². The first-order valence-corrected chi connectivity index (χ1v) is 7.90. The van der Waals surface area contributed by atoms with Gasteiger partial charge in [0.2, 0.25) is 0 Å². The number of anilines is 1. The quantitative estimate of drug-likeness (QED) is 0.463. The number of rotatable bonds is 6. The third-order valence-electron chi connectivity index (χ3n) is 3.65. The number of nitro groups is 1. The molecule has 0 radical (unpaired) electrons. The largest absolute Gasteiger partial charge is 0.382 e. The van der Waals surface area contributed by atoms with Gasteiger partial charge in [-0.2, -0.15) is 0 Å². The van der Waals surface area contributed by atoms with E-state index in [1.165, 1.54) is 12.1 Å². The Labute approximate surface area is 132 Å². The van der Waals surface area contributed by atoms with Crippen LogP contribution < -0.4 is 11.1 Å². The van der Waals surface area contributed by atoms with Gasteiger partial charge in [-0.3, -0.25) is 10.1 Å². The standard InChI is InChI=1S/C14H20BrN3O3/c15-13-9-11(18(19)20)3-6-14(13)17-7-8-21-12-4-1-10(16)2-5-12/h3,6,9-10,12,17H,1-2,4-5,7-8,16H2. The average molecular weight is 358 g/mol. The van der Waals surface area contributed by atoms with Crippen molar-refractivity contribution < 1.29 is 9.66 Å². The molecule has 1 aliphatic rings. The summed E-state index contributed by atoms with van der Waals surface area (Å²) in [5.74, 6) is 0. The van der Waals surface area contributed by atoms with Gasteiger partial charge in [-0.15, -0.1) is 0 Å². The van der Waals surface area contributed by atoms with E-state index in [0.29, 0.717) is 29.8 Å². The molecule has 1 aromatic rings. The van der Waals surface area contributed by atoms with Gasteiger partial charge in [0.05, 0.1) is 17.6 Å². The van der Waals surface area contributed by atoms with E-state index in [2.05, 4.69) is 21.2 Å². The number of hydrogen-bond acceptors (Lipinski definition) is 5. The molecule has 0 heterocycles. The minimum absolute atomic E-state index is 0.0715. The molecule has 0 aromatic heterocycles. The summed E-state index contributed by atoms with van der Waals surface area (Å²) < 4.78 is 6.49. The monoisotopic (exact) mass is 357 g/mol. The van der Waals surface area contributed by atoms with Crippen molar-refractivity contribution in [1.29, 1.82) is 0 Å². The molecule has 0 aliphatic heterocycles. The van der Waals surface area contributed by atoms with Gasteiger partial charge < -0.3 is 15.8 Å². The van der Waals surface area contributed by atoms with Gasteiger partial charge in [0.25, 0.3) is 5.69 Å². The zero-order valence-electron chi connectivity index (χ0n) is 11.8. The van der Waals surface area contributed by atoms with Crippen LogP contribution in [-0.2, 0) is 4.74 Å². The molecule has 1 saturated carbocycles. The lowest BCUT2D eigenvalue weighted by molar-refractivity contribution is -0.384. The minimum atomic E-state index is -0.411. The molecule has 2 rings (SSSR count). The summed E-state index contributed by atoms with van der Waals surface area (Å²) in [6, 6.07) is 5.00. The smallest absolute Gasteiger partial charge is 0.270 e. The molecule has 1 fully saturated rings. The fourth-order valence-electron chi connectivity index (χ4n) is 2.43. The second-order valence-electron chi connectivity index (χ2n) is 5.26. The second kappa shape index (κ2) is 7.72. The van der Waals surface area contributed by atoms with Gasteiger partial charge in [-0.1, -0.05) is 0 Å². The highest BCUT2D eigenvalue weighted by atomic mass is 79.9. The molecule has 1 aliphatic carbocycles. The van der Waals surface area contributed by atoms with Gasteiger partial charge in [-0.05, 0) is 47.7 Å². The van der Waals surface area contributed by atoms with Crippen molar-refractivity contribution in [2.45, 2.75) is 37.8 Å². The van der Waals surface area contributed by atoms with Crippen LogP contribution in [0.5, 0.6) is 0 Å². The van der Waals surface area contributed by atoms with E-state index in [-0.39, 0.29) is 5.69 Å². The molecule has 0 amide bonds. The molecular weight excluding hydrogens is 338 g/mol. The molecule has 1 aromatic carbocycles. The van der Waals surface area contributed by atoms with E-state index >= 15 is 0 Å². The Morgan fingerprint density at radius 2 is 2.10 bits per heavy atom. The van der Waals surface area contributed by atoms with Gasteiger partial charge in [0, 0.05) is 34.9 Å². The van der Waals surface area contributed by atoms with Crippen LogP contribution in [0.3, 0.4) is 0 Å². The topological polar surface area (TPSA) is 90.4 Å². The van der Waals surface area contributed by atoms with Gasteiger partial charge in [0.1, 0.15) is 0 Å². The number of nitrogens with zero attached hydrogens (tertiary/aromatic N) is 1. The van der Waals surface area contributed by atoms with E-state index < -0.39 is 4.92 Å². The Morgan fingerprint density at radius 3 is 2.71 bits per heavy atom. The van der Waals surface area contributed by atoms with E-state index in [0.717, 1.165) is 31.4 Å². The molecule has 0 atom stereocenters. The number of non-ortho nitro benzene ring substituents is 1.